The molecule has 3 nitrogen and oxygen atoms in total. The van der Waals surface area contributed by atoms with Gasteiger partial charge in [0.05, 0.1) is 5.69 Å². The molecule has 0 spiro atoms. The maximum atomic E-state index is 4.43. The maximum Gasteiger partial charge on any atom is 0.0544 e. The monoisotopic (exact) mass is 297 g/mol. The van der Waals surface area contributed by atoms with E-state index in [0.717, 1.165) is 23.3 Å². The number of rotatable bonds is 3. The number of hydrogen-bond acceptors (Lipinski definition) is 3. The molecule has 0 radical (unpaired) electrons. The Bertz CT molecular complexity index is 331. The summed E-state index contributed by atoms with van der Waals surface area (Å²) in [6.07, 6.45) is 5.69. The minimum absolute atomic E-state index is 0.690. The molecule has 1 saturated heterocycles. The fourth-order valence-corrected chi connectivity index (χ4v) is 2.56. The zero-order valence-electron chi connectivity index (χ0n) is 10.3. The van der Waals surface area contributed by atoms with Gasteiger partial charge in [-0.05, 0) is 67.5 Å². The molecule has 1 aliphatic heterocycles. The normalized spacial score (nSPS) is 21.5. The van der Waals surface area contributed by atoms with Crippen LogP contribution in [0.1, 0.15) is 25.0 Å². The van der Waals surface area contributed by atoms with Gasteiger partial charge in [0.2, 0.25) is 0 Å². The lowest BCUT2D eigenvalue weighted by molar-refractivity contribution is 0.214. The number of aromatic nitrogens is 1. The Labute approximate surface area is 112 Å². The van der Waals surface area contributed by atoms with Crippen LogP contribution in [0, 0.1) is 0 Å². The molecule has 17 heavy (non-hydrogen) atoms. The van der Waals surface area contributed by atoms with Gasteiger partial charge in [0, 0.05) is 23.3 Å². The van der Waals surface area contributed by atoms with E-state index in [-0.39, 0.29) is 0 Å². The first-order valence-electron chi connectivity index (χ1n) is 6.27. The van der Waals surface area contributed by atoms with Crippen LogP contribution in [0.3, 0.4) is 0 Å². The highest BCUT2D eigenvalue weighted by Crippen LogP contribution is 2.15. The van der Waals surface area contributed by atoms with Crippen LogP contribution in [-0.4, -0.2) is 36.1 Å². The van der Waals surface area contributed by atoms with Gasteiger partial charge in [-0.15, -0.1) is 0 Å². The Balaban J connectivity index is 1.90. The highest BCUT2D eigenvalue weighted by Gasteiger charge is 2.16. The summed E-state index contributed by atoms with van der Waals surface area (Å²) < 4.78 is 1.04. The molecule has 1 fully saturated rings. The molecule has 1 aliphatic rings. The van der Waals surface area contributed by atoms with E-state index in [4.69, 9.17) is 0 Å². The molecular weight excluding hydrogens is 278 g/mol. The number of pyridine rings is 1. The fraction of sp³-hybridized carbons (Fsp3) is 0.615. The summed E-state index contributed by atoms with van der Waals surface area (Å²) in [5, 5.41) is 3.45. The number of nitrogens with one attached hydrogen (secondary N) is 1. The van der Waals surface area contributed by atoms with Crippen molar-refractivity contribution < 1.29 is 0 Å². The van der Waals surface area contributed by atoms with Crippen LogP contribution in [0.4, 0.5) is 0 Å². The smallest absolute Gasteiger partial charge is 0.0544 e. The topological polar surface area (TPSA) is 28.2 Å². The Morgan fingerprint density at radius 3 is 3.06 bits per heavy atom. The van der Waals surface area contributed by atoms with Gasteiger partial charge in [-0.3, -0.25) is 9.88 Å². The van der Waals surface area contributed by atoms with Crippen molar-refractivity contribution >= 4 is 15.9 Å². The van der Waals surface area contributed by atoms with Gasteiger partial charge >= 0.3 is 0 Å². The second-order valence-electron chi connectivity index (χ2n) is 4.72. The standard InChI is InChI=1S/C13H20BrN3/c1-17(13-3-2-7-15-8-6-13)10-12-5-4-11(14)9-16-12/h4-5,9,13,15H,2-3,6-8,10H2,1H3. The van der Waals surface area contributed by atoms with Crippen molar-refractivity contribution in [3.63, 3.8) is 0 Å². The zero-order chi connectivity index (χ0) is 12.1. The zero-order valence-corrected chi connectivity index (χ0v) is 11.9. The molecular formula is C13H20BrN3. The van der Waals surface area contributed by atoms with E-state index in [1.54, 1.807) is 0 Å². The van der Waals surface area contributed by atoms with Gasteiger partial charge in [-0.25, -0.2) is 0 Å². The fourth-order valence-electron chi connectivity index (χ4n) is 2.33. The maximum absolute atomic E-state index is 4.43. The molecule has 94 valence electrons. The Kier molecular flexibility index (Phi) is 4.95. The lowest BCUT2D eigenvalue weighted by atomic mass is 10.1. The summed E-state index contributed by atoms with van der Waals surface area (Å²) in [5.74, 6) is 0. The molecule has 1 atom stereocenters. The van der Waals surface area contributed by atoms with Gasteiger partial charge in [0.1, 0.15) is 0 Å². The quantitative estimate of drug-likeness (QED) is 0.929. The minimum Gasteiger partial charge on any atom is -0.317 e. The summed E-state index contributed by atoms with van der Waals surface area (Å²) in [6, 6.07) is 4.84. The summed E-state index contributed by atoms with van der Waals surface area (Å²) in [6.45, 7) is 3.25. The van der Waals surface area contributed by atoms with Crippen LogP contribution in [0.15, 0.2) is 22.8 Å². The van der Waals surface area contributed by atoms with Gasteiger partial charge in [0.15, 0.2) is 0 Å². The highest BCUT2D eigenvalue weighted by atomic mass is 79.9. The third-order valence-electron chi connectivity index (χ3n) is 3.37. The predicted octanol–water partition coefficient (Wildman–Crippen LogP) is 2.42. The van der Waals surface area contributed by atoms with Crippen LogP contribution in [0.25, 0.3) is 0 Å². The molecule has 1 aromatic heterocycles. The van der Waals surface area contributed by atoms with Gasteiger partial charge in [0.25, 0.3) is 0 Å². The first-order chi connectivity index (χ1) is 8.25. The Morgan fingerprint density at radius 2 is 2.29 bits per heavy atom. The molecule has 2 rings (SSSR count). The molecule has 0 aromatic carbocycles. The SMILES string of the molecule is CN(Cc1ccc(Br)cn1)C1CCCNCC1. The summed E-state index contributed by atoms with van der Waals surface area (Å²) >= 11 is 3.41. The van der Waals surface area contributed by atoms with Crippen LogP contribution in [0.5, 0.6) is 0 Å². The molecule has 2 heterocycles. The van der Waals surface area contributed by atoms with E-state index in [2.05, 4.69) is 50.3 Å². The molecule has 0 saturated carbocycles. The molecule has 0 bridgehead atoms. The van der Waals surface area contributed by atoms with Crippen molar-refractivity contribution in [3.8, 4) is 0 Å². The third kappa shape index (κ3) is 4.05. The predicted molar refractivity (Wildman–Crippen MR) is 73.9 cm³/mol. The second-order valence-corrected chi connectivity index (χ2v) is 5.63. The van der Waals surface area contributed by atoms with Crippen molar-refractivity contribution in [1.82, 2.24) is 15.2 Å². The van der Waals surface area contributed by atoms with Crippen molar-refractivity contribution in [2.75, 3.05) is 20.1 Å². The summed E-state index contributed by atoms with van der Waals surface area (Å²) in [4.78, 5) is 6.87. The van der Waals surface area contributed by atoms with Crippen molar-refractivity contribution in [2.24, 2.45) is 0 Å². The molecule has 0 aliphatic carbocycles. The largest absolute Gasteiger partial charge is 0.317 e. The first-order valence-corrected chi connectivity index (χ1v) is 7.06. The molecule has 4 heteroatoms. The molecule has 0 amide bonds. The van der Waals surface area contributed by atoms with E-state index in [1.165, 1.54) is 25.8 Å². The Morgan fingerprint density at radius 1 is 1.41 bits per heavy atom. The van der Waals surface area contributed by atoms with Gasteiger partial charge in [-0.1, -0.05) is 0 Å². The van der Waals surface area contributed by atoms with Gasteiger partial charge < -0.3 is 5.32 Å². The van der Waals surface area contributed by atoms with Gasteiger partial charge in [-0.2, -0.15) is 0 Å². The lowest BCUT2D eigenvalue weighted by Crippen LogP contribution is -2.32. The Hall–Kier alpha value is -0.450. The number of halogens is 1. The van der Waals surface area contributed by atoms with Crippen LogP contribution >= 0.6 is 15.9 Å². The summed E-state index contributed by atoms with van der Waals surface area (Å²) in [7, 11) is 2.21. The molecule has 1 aromatic rings. The third-order valence-corrected chi connectivity index (χ3v) is 3.84. The number of nitrogens with zero attached hydrogens (tertiary/aromatic N) is 2. The number of hydrogen-bond donors (Lipinski definition) is 1. The summed E-state index contributed by atoms with van der Waals surface area (Å²) in [5.41, 5.74) is 1.15. The highest BCUT2D eigenvalue weighted by molar-refractivity contribution is 9.10. The second kappa shape index (κ2) is 6.47. The van der Waals surface area contributed by atoms with E-state index < -0.39 is 0 Å². The minimum atomic E-state index is 0.690. The van der Waals surface area contributed by atoms with Crippen LogP contribution in [0.2, 0.25) is 0 Å². The average molecular weight is 298 g/mol. The average Bonchev–Trinajstić information content (AvgIpc) is 2.61. The van der Waals surface area contributed by atoms with Crippen LogP contribution in [-0.2, 0) is 6.54 Å². The van der Waals surface area contributed by atoms with Crippen LogP contribution < -0.4 is 5.32 Å². The lowest BCUT2D eigenvalue weighted by Gasteiger charge is -2.26. The molecule has 1 N–H and O–H groups in total. The molecule has 1 unspecified atom stereocenters. The first kappa shape index (κ1) is 13.0. The van der Waals surface area contributed by atoms with E-state index in [1.807, 2.05) is 6.20 Å². The van der Waals surface area contributed by atoms with E-state index >= 15 is 0 Å². The van der Waals surface area contributed by atoms with E-state index in [9.17, 15) is 0 Å². The van der Waals surface area contributed by atoms with Crippen molar-refractivity contribution in [3.05, 3.63) is 28.5 Å². The van der Waals surface area contributed by atoms with E-state index in [0.29, 0.717) is 6.04 Å². The van der Waals surface area contributed by atoms with Crippen molar-refractivity contribution in [1.29, 1.82) is 0 Å². The van der Waals surface area contributed by atoms with Crippen molar-refractivity contribution in [2.45, 2.75) is 31.8 Å².